The van der Waals surface area contributed by atoms with Gasteiger partial charge in [0.05, 0.1) is 34.8 Å². The maximum Gasteiger partial charge on any atom is 0.237 e. The number of nitrogens with one attached hydrogen (secondary N) is 2. The molecule has 6 aromatic rings. The van der Waals surface area contributed by atoms with Gasteiger partial charge in [0.1, 0.15) is 5.75 Å². The molecule has 6 aromatic carbocycles. The third kappa shape index (κ3) is 12.0. The maximum absolute atomic E-state index is 13.1. The minimum Gasteiger partial charge on any atom is -0.508 e. The molecule has 66 heavy (non-hydrogen) atoms. The Labute approximate surface area is 394 Å². The molecule has 4 unspecified atom stereocenters. The molecular weight excluding hydrogens is 861 g/mol. The number of aryl methyl sites for hydroxylation is 5. The summed E-state index contributed by atoms with van der Waals surface area (Å²) < 4.78 is 25.4. The molecule has 2 heterocycles. The second-order valence-electron chi connectivity index (χ2n) is 18.0. The average Bonchev–Trinajstić information content (AvgIpc) is 3.28. The molecule has 0 spiro atoms. The highest BCUT2D eigenvalue weighted by molar-refractivity contribution is 7.99. The fourth-order valence-corrected chi connectivity index (χ4v) is 12.0. The highest BCUT2D eigenvalue weighted by atomic mass is 32.2. The van der Waals surface area contributed by atoms with E-state index in [0.29, 0.717) is 36.1 Å². The van der Waals surface area contributed by atoms with Gasteiger partial charge in [-0.25, -0.2) is 8.42 Å². The predicted molar refractivity (Wildman–Crippen MR) is 267 cm³/mol. The smallest absolute Gasteiger partial charge is 0.237 e. The van der Waals surface area contributed by atoms with Crippen LogP contribution in [0.1, 0.15) is 97.3 Å². The van der Waals surface area contributed by atoms with Crippen molar-refractivity contribution in [3.05, 3.63) is 194 Å². The molecule has 2 aliphatic rings. The Morgan fingerprint density at radius 3 is 1.62 bits per heavy atom. The van der Waals surface area contributed by atoms with Crippen molar-refractivity contribution >= 4 is 33.4 Å². The Balaban J connectivity index is 0.000000197. The van der Waals surface area contributed by atoms with Crippen molar-refractivity contribution in [3.8, 4) is 5.75 Å². The van der Waals surface area contributed by atoms with Crippen molar-refractivity contribution in [2.45, 2.75) is 107 Å². The maximum atomic E-state index is 13.1. The number of hydrogen-bond donors (Lipinski definition) is 5. The first-order valence-corrected chi connectivity index (χ1v) is 25.3. The number of carbonyl (C=O) groups excluding carboxylic acids is 2. The van der Waals surface area contributed by atoms with E-state index >= 15 is 0 Å². The van der Waals surface area contributed by atoms with Crippen LogP contribution in [0.15, 0.2) is 131 Å². The largest absolute Gasteiger partial charge is 0.508 e. The van der Waals surface area contributed by atoms with Crippen molar-refractivity contribution in [2.75, 3.05) is 11.5 Å². The van der Waals surface area contributed by atoms with Gasteiger partial charge in [0, 0.05) is 10.6 Å². The van der Waals surface area contributed by atoms with Crippen LogP contribution in [0.25, 0.3) is 0 Å². The summed E-state index contributed by atoms with van der Waals surface area (Å²) in [6.45, 7) is 10.0. The molecule has 344 valence electrons. The number of phenols is 1. The number of thioether (sulfide) groups is 1. The number of amides is 2. The number of benzene rings is 6. The van der Waals surface area contributed by atoms with Gasteiger partial charge in [0.25, 0.3) is 0 Å². The molecule has 4 atom stereocenters. The molecule has 0 fully saturated rings. The molecule has 0 bridgehead atoms. The number of carbonyl (C=O) groups is 2. The Hall–Kier alpha value is -5.72. The molecule has 9 nitrogen and oxygen atoms in total. The van der Waals surface area contributed by atoms with Gasteiger partial charge in [0.2, 0.25) is 11.8 Å². The zero-order valence-electron chi connectivity index (χ0n) is 38.6. The summed E-state index contributed by atoms with van der Waals surface area (Å²) in [6, 6.07) is 38.4. The molecule has 7 N–H and O–H groups in total. The molecule has 0 aliphatic carbocycles. The highest BCUT2D eigenvalue weighted by Crippen LogP contribution is 2.38. The van der Waals surface area contributed by atoms with Crippen LogP contribution < -0.4 is 22.1 Å². The number of nitrogens with two attached hydrogens (primary N) is 2. The fraction of sp³-hybridized carbons (Fsp3) is 0.309. The number of sulfone groups is 1. The van der Waals surface area contributed by atoms with Gasteiger partial charge in [-0.05, 0) is 164 Å². The monoisotopic (exact) mass is 922 g/mol. The second kappa shape index (κ2) is 21.3. The van der Waals surface area contributed by atoms with Crippen molar-refractivity contribution in [1.29, 1.82) is 0 Å². The van der Waals surface area contributed by atoms with Gasteiger partial charge in [-0.15, -0.1) is 11.8 Å². The Morgan fingerprint density at radius 2 is 1.09 bits per heavy atom. The van der Waals surface area contributed by atoms with Crippen LogP contribution >= 0.6 is 11.8 Å². The molecule has 2 aliphatic heterocycles. The summed E-state index contributed by atoms with van der Waals surface area (Å²) >= 11 is 1.84. The molecule has 8 rings (SSSR count). The molecule has 0 aromatic heterocycles. The molecule has 0 radical (unpaired) electrons. The van der Waals surface area contributed by atoms with Crippen LogP contribution in [0.3, 0.4) is 0 Å². The summed E-state index contributed by atoms with van der Waals surface area (Å²) in [6.07, 6.45) is 3.69. The first kappa shape index (κ1) is 48.2. The van der Waals surface area contributed by atoms with E-state index in [0.717, 1.165) is 63.1 Å². The van der Waals surface area contributed by atoms with Gasteiger partial charge in [-0.3, -0.25) is 9.59 Å². The van der Waals surface area contributed by atoms with E-state index < -0.39 is 21.9 Å². The van der Waals surface area contributed by atoms with Gasteiger partial charge in [-0.1, -0.05) is 103 Å². The lowest BCUT2D eigenvalue weighted by Crippen LogP contribution is -2.45. The van der Waals surface area contributed by atoms with Crippen LogP contribution in [0.4, 0.5) is 0 Å². The lowest BCUT2D eigenvalue weighted by atomic mass is 9.94. The van der Waals surface area contributed by atoms with Gasteiger partial charge in [-0.2, -0.15) is 0 Å². The standard InChI is InChI=1S/C28H32N2O3S.C27H30N2O2S/c1-18-13-19(2)23(20(3)14-18)17-25(29)28(31)30-26-11-12-34(32,33)27-10-9-22(16-24(26)27)15-21-7-5-4-6-8-21;1-17-12-21(30)13-18(2)22(17)16-24(28)27(31)29-25-10-11-32-26-9-8-20(15-23(25)26)14-19-6-4-3-5-7-19/h4-10,13-14,16,25-26H,11-12,15,17,29H2,1-3H3,(H,30,31);3-9,12-13,15,24-25,30H,10-11,14,16,28H2,1-2H3,(H,29,31). The van der Waals surface area contributed by atoms with E-state index in [1.807, 2.05) is 88.0 Å². The molecule has 11 heteroatoms. The Kier molecular flexibility index (Phi) is 15.5. The first-order valence-electron chi connectivity index (χ1n) is 22.7. The average molecular weight is 923 g/mol. The minimum absolute atomic E-state index is 0.00833. The first-order chi connectivity index (χ1) is 31.5. The van der Waals surface area contributed by atoms with Crippen LogP contribution in [0.2, 0.25) is 0 Å². The van der Waals surface area contributed by atoms with Crippen molar-refractivity contribution in [3.63, 3.8) is 0 Å². The van der Waals surface area contributed by atoms with Gasteiger partial charge < -0.3 is 27.2 Å². The lowest BCUT2D eigenvalue weighted by molar-refractivity contribution is -0.123. The molecule has 0 saturated carbocycles. The summed E-state index contributed by atoms with van der Waals surface area (Å²) in [4.78, 5) is 27.6. The van der Waals surface area contributed by atoms with Crippen LogP contribution in [0, 0.1) is 34.6 Å². The zero-order chi connectivity index (χ0) is 47.1. The summed E-state index contributed by atoms with van der Waals surface area (Å²) in [5, 5.41) is 16.0. The van der Waals surface area contributed by atoms with E-state index in [1.165, 1.54) is 27.1 Å². The number of hydrogen-bond acceptors (Lipinski definition) is 8. The summed E-state index contributed by atoms with van der Waals surface area (Å²) in [5.74, 6) is 0.830. The van der Waals surface area contributed by atoms with Crippen molar-refractivity contribution in [2.24, 2.45) is 11.5 Å². The summed E-state index contributed by atoms with van der Waals surface area (Å²) in [7, 11) is -3.37. The highest BCUT2D eigenvalue weighted by Gasteiger charge is 2.33. The van der Waals surface area contributed by atoms with Crippen LogP contribution in [0.5, 0.6) is 5.75 Å². The fourth-order valence-electron chi connectivity index (χ4n) is 9.33. The van der Waals surface area contributed by atoms with Gasteiger partial charge in [0.15, 0.2) is 9.84 Å². The van der Waals surface area contributed by atoms with E-state index in [9.17, 15) is 23.1 Å². The van der Waals surface area contributed by atoms with Gasteiger partial charge >= 0.3 is 0 Å². The van der Waals surface area contributed by atoms with E-state index in [4.69, 9.17) is 11.5 Å². The lowest BCUT2D eigenvalue weighted by Gasteiger charge is -2.28. The molecule has 0 saturated heterocycles. The van der Waals surface area contributed by atoms with Crippen LogP contribution in [-0.4, -0.2) is 48.9 Å². The number of aromatic hydroxyl groups is 1. The molecular formula is C55H62N4O5S2. The SMILES string of the molecule is Cc1cc(C)c(CC(N)C(=O)NC2CCS(=O)(=O)c3ccc(Cc4ccccc4)cc32)c(C)c1.Cc1cc(O)cc(C)c1CC(N)C(=O)NC1CCSc2ccc(Cc3ccccc3)cc21. The molecule has 2 amide bonds. The van der Waals surface area contributed by atoms with E-state index in [-0.39, 0.29) is 35.4 Å². The Bertz CT molecular complexity index is 2770. The van der Waals surface area contributed by atoms with E-state index in [1.54, 1.807) is 18.2 Å². The van der Waals surface area contributed by atoms with E-state index in [2.05, 4.69) is 72.2 Å². The predicted octanol–water partition coefficient (Wildman–Crippen LogP) is 8.93. The topological polar surface area (TPSA) is 165 Å². The minimum atomic E-state index is -3.37. The quantitative estimate of drug-likeness (QED) is 0.0813. The van der Waals surface area contributed by atoms with Crippen molar-refractivity contribution in [1.82, 2.24) is 10.6 Å². The van der Waals surface area contributed by atoms with Crippen molar-refractivity contribution < 1.29 is 23.1 Å². The third-order valence-corrected chi connectivity index (χ3v) is 15.7. The third-order valence-electron chi connectivity index (χ3n) is 12.8. The summed E-state index contributed by atoms with van der Waals surface area (Å²) in [5.41, 5.74) is 26.6. The normalized spacial score (nSPS) is 17.0. The zero-order valence-corrected chi connectivity index (χ0v) is 40.2. The van der Waals surface area contributed by atoms with Crippen LogP contribution in [-0.2, 0) is 45.1 Å². The second-order valence-corrected chi connectivity index (χ2v) is 21.2. The Morgan fingerprint density at radius 1 is 0.621 bits per heavy atom. The number of phenolic OH excluding ortho intramolecular Hbond substituents is 1. The number of fused-ring (bicyclic) bond motifs is 2. The number of rotatable bonds is 12.